The van der Waals surface area contributed by atoms with Gasteiger partial charge in [-0.3, -0.25) is 4.90 Å². The number of hydrogen-bond donors (Lipinski definition) is 0. The first kappa shape index (κ1) is 15.5. The van der Waals surface area contributed by atoms with Crippen LogP contribution in [0, 0.1) is 0 Å². The number of sulfonamides is 1. The minimum Gasteiger partial charge on any atom is -0.465 e. The van der Waals surface area contributed by atoms with Gasteiger partial charge < -0.3 is 4.42 Å². The Morgan fingerprint density at radius 3 is 2.60 bits per heavy atom. The van der Waals surface area contributed by atoms with E-state index in [1.54, 1.807) is 4.31 Å². The molecule has 1 aliphatic heterocycles. The summed E-state index contributed by atoms with van der Waals surface area (Å²) in [6.07, 6.45) is 4.21. The number of hydrogen-bond acceptors (Lipinski definition) is 4. The van der Waals surface area contributed by atoms with Gasteiger partial charge >= 0.3 is 0 Å². The summed E-state index contributed by atoms with van der Waals surface area (Å²) < 4.78 is 30.5. The highest BCUT2D eigenvalue weighted by molar-refractivity contribution is 7.88. The fraction of sp³-hybridized carbons (Fsp3) is 0.714. The molecule has 5 nitrogen and oxygen atoms in total. The zero-order valence-corrected chi connectivity index (χ0v) is 13.2. The van der Waals surface area contributed by atoms with Crippen molar-refractivity contribution in [2.45, 2.75) is 32.7 Å². The molecule has 1 aliphatic rings. The van der Waals surface area contributed by atoms with E-state index in [4.69, 9.17) is 4.42 Å². The molecule has 1 aromatic heterocycles. The first-order valence-corrected chi connectivity index (χ1v) is 9.09. The van der Waals surface area contributed by atoms with Gasteiger partial charge in [-0.05, 0) is 31.5 Å². The third kappa shape index (κ3) is 4.33. The van der Waals surface area contributed by atoms with E-state index in [-0.39, 0.29) is 0 Å². The molecule has 6 heteroatoms. The average Bonchev–Trinajstić information content (AvgIpc) is 2.65. The van der Waals surface area contributed by atoms with Crippen LogP contribution < -0.4 is 0 Å². The van der Waals surface area contributed by atoms with Crippen molar-refractivity contribution in [3.05, 3.63) is 23.7 Å². The SMILES string of the molecule is CCCc1ccc(CN2CCCN(S(C)(=O)=O)CC2)o1. The highest BCUT2D eigenvalue weighted by atomic mass is 32.2. The lowest BCUT2D eigenvalue weighted by Crippen LogP contribution is -2.34. The van der Waals surface area contributed by atoms with Crippen molar-refractivity contribution in [3.8, 4) is 0 Å². The summed E-state index contributed by atoms with van der Waals surface area (Å²) in [6, 6.07) is 4.07. The number of furan rings is 1. The Morgan fingerprint density at radius 2 is 1.90 bits per heavy atom. The molecule has 1 fully saturated rings. The molecule has 114 valence electrons. The molecule has 0 spiro atoms. The quantitative estimate of drug-likeness (QED) is 0.830. The Morgan fingerprint density at radius 1 is 1.15 bits per heavy atom. The molecule has 0 bridgehead atoms. The van der Waals surface area contributed by atoms with Crippen molar-refractivity contribution in [2.24, 2.45) is 0 Å². The lowest BCUT2D eigenvalue weighted by atomic mass is 10.3. The lowest BCUT2D eigenvalue weighted by Gasteiger charge is -2.19. The zero-order valence-electron chi connectivity index (χ0n) is 12.3. The van der Waals surface area contributed by atoms with Gasteiger partial charge in [0.1, 0.15) is 11.5 Å². The Kier molecular flexibility index (Phi) is 5.23. The fourth-order valence-electron chi connectivity index (χ4n) is 2.55. The van der Waals surface area contributed by atoms with Gasteiger partial charge in [-0.15, -0.1) is 0 Å². The second-order valence-corrected chi connectivity index (χ2v) is 7.39. The summed E-state index contributed by atoms with van der Waals surface area (Å²) in [5.41, 5.74) is 0. The van der Waals surface area contributed by atoms with Crippen molar-refractivity contribution in [1.82, 2.24) is 9.21 Å². The smallest absolute Gasteiger partial charge is 0.211 e. The molecule has 20 heavy (non-hydrogen) atoms. The van der Waals surface area contributed by atoms with Crippen LogP contribution in [-0.4, -0.2) is 50.1 Å². The van der Waals surface area contributed by atoms with Crippen LogP contribution in [0.25, 0.3) is 0 Å². The van der Waals surface area contributed by atoms with Crippen molar-refractivity contribution in [1.29, 1.82) is 0 Å². The van der Waals surface area contributed by atoms with E-state index in [1.807, 2.05) is 12.1 Å². The minimum atomic E-state index is -3.07. The standard InChI is InChI=1S/C14H24N2O3S/c1-3-5-13-6-7-14(19-13)12-15-8-4-9-16(11-10-15)20(2,17)18/h6-7H,3-5,8-12H2,1-2H3. The van der Waals surface area contributed by atoms with Gasteiger partial charge in [0.25, 0.3) is 0 Å². The fourth-order valence-corrected chi connectivity index (χ4v) is 3.42. The number of aryl methyl sites for hydroxylation is 1. The van der Waals surface area contributed by atoms with Crippen LogP contribution in [0.1, 0.15) is 31.3 Å². The first-order chi connectivity index (χ1) is 9.49. The summed E-state index contributed by atoms with van der Waals surface area (Å²) in [7, 11) is -3.07. The monoisotopic (exact) mass is 300 g/mol. The summed E-state index contributed by atoms with van der Waals surface area (Å²) in [5.74, 6) is 2.01. The molecular weight excluding hydrogens is 276 g/mol. The van der Waals surface area contributed by atoms with Gasteiger partial charge in [0.05, 0.1) is 12.8 Å². The maximum atomic E-state index is 11.6. The molecule has 2 heterocycles. The third-order valence-electron chi connectivity index (χ3n) is 3.61. The molecule has 1 saturated heterocycles. The Labute approximate surface area is 121 Å². The van der Waals surface area contributed by atoms with E-state index in [9.17, 15) is 8.42 Å². The van der Waals surface area contributed by atoms with Crippen LogP contribution in [0.5, 0.6) is 0 Å². The van der Waals surface area contributed by atoms with Gasteiger partial charge in [0.2, 0.25) is 10.0 Å². The van der Waals surface area contributed by atoms with E-state index in [2.05, 4.69) is 11.8 Å². The van der Waals surface area contributed by atoms with Gasteiger partial charge in [0, 0.05) is 26.1 Å². The molecule has 0 atom stereocenters. The van der Waals surface area contributed by atoms with E-state index in [1.165, 1.54) is 6.26 Å². The lowest BCUT2D eigenvalue weighted by molar-refractivity contribution is 0.252. The normalized spacial score (nSPS) is 19.1. The minimum absolute atomic E-state index is 0.571. The molecule has 0 unspecified atom stereocenters. The van der Waals surface area contributed by atoms with E-state index in [0.717, 1.165) is 50.4 Å². The second kappa shape index (κ2) is 6.74. The maximum Gasteiger partial charge on any atom is 0.211 e. The Balaban J connectivity index is 1.90. The molecule has 0 aromatic carbocycles. The highest BCUT2D eigenvalue weighted by Crippen LogP contribution is 2.14. The topological polar surface area (TPSA) is 53.8 Å². The first-order valence-electron chi connectivity index (χ1n) is 7.24. The van der Waals surface area contributed by atoms with Crippen molar-refractivity contribution < 1.29 is 12.8 Å². The van der Waals surface area contributed by atoms with E-state index in [0.29, 0.717) is 13.1 Å². The largest absolute Gasteiger partial charge is 0.465 e. The average molecular weight is 300 g/mol. The van der Waals surface area contributed by atoms with Crippen LogP contribution in [0.2, 0.25) is 0 Å². The second-order valence-electron chi connectivity index (χ2n) is 5.41. The third-order valence-corrected chi connectivity index (χ3v) is 4.91. The summed E-state index contributed by atoms with van der Waals surface area (Å²) >= 11 is 0. The van der Waals surface area contributed by atoms with Crippen LogP contribution >= 0.6 is 0 Å². The summed E-state index contributed by atoms with van der Waals surface area (Å²) in [5, 5.41) is 0. The van der Waals surface area contributed by atoms with Crippen LogP contribution in [0.15, 0.2) is 16.5 Å². The Hall–Kier alpha value is -0.850. The predicted octanol–water partition coefficient (Wildman–Crippen LogP) is 1.70. The van der Waals surface area contributed by atoms with Crippen molar-refractivity contribution in [3.63, 3.8) is 0 Å². The predicted molar refractivity (Wildman–Crippen MR) is 79.0 cm³/mol. The van der Waals surface area contributed by atoms with Crippen LogP contribution in [0.4, 0.5) is 0 Å². The molecular formula is C14H24N2O3S. The van der Waals surface area contributed by atoms with Crippen molar-refractivity contribution in [2.75, 3.05) is 32.4 Å². The van der Waals surface area contributed by atoms with E-state index < -0.39 is 10.0 Å². The van der Waals surface area contributed by atoms with E-state index >= 15 is 0 Å². The summed E-state index contributed by atoms with van der Waals surface area (Å²) in [4.78, 5) is 2.26. The molecule has 2 rings (SSSR count). The zero-order chi connectivity index (χ0) is 14.6. The van der Waals surface area contributed by atoms with Gasteiger partial charge in [-0.1, -0.05) is 6.92 Å². The van der Waals surface area contributed by atoms with Crippen LogP contribution in [0.3, 0.4) is 0 Å². The molecule has 1 aromatic rings. The molecule has 0 radical (unpaired) electrons. The molecule has 0 amide bonds. The van der Waals surface area contributed by atoms with Crippen molar-refractivity contribution >= 4 is 10.0 Å². The number of nitrogens with zero attached hydrogens (tertiary/aromatic N) is 2. The molecule has 0 aliphatic carbocycles. The highest BCUT2D eigenvalue weighted by Gasteiger charge is 2.21. The number of rotatable bonds is 5. The van der Waals surface area contributed by atoms with Gasteiger partial charge in [-0.2, -0.15) is 0 Å². The Bertz CT molecular complexity index is 524. The van der Waals surface area contributed by atoms with Crippen LogP contribution in [-0.2, 0) is 23.0 Å². The molecule has 0 N–H and O–H groups in total. The summed E-state index contributed by atoms with van der Waals surface area (Å²) in [6.45, 7) is 5.76. The van der Waals surface area contributed by atoms with Gasteiger partial charge in [-0.25, -0.2) is 12.7 Å². The maximum absolute atomic E-state index is 11.6. The molecule has 0 saturated carbocycles. The van der Waals surface area contributed by atoms with Gasteiger partial charge in [0.15, 0.2) is 0 Å².